The van der Waals surface area contributed by atoms with Gasteiger partial charge in [-0.3, -0.25) is 4.79 Å². The van der Waals surface area contributed by atoms with Crippen LogP contribution < -0.4 is 16.4 Å². The molecule has 0 saturated carbocycles. The molecule has 0 spiro atoms. The van der Waals surface area contributed by atoms with Gasteiger partial charge in [0, 0.05) is 18.4 Å². The molecule has 0 radical (unpaired) electrons. The quantitative estimate of drug-likeness (QED) is 0.651. The lowest BCUT2D eigenvalue weighted by atomic mass is 10.1. The second kappa shape index (κ2) is 5.03. The number of amides is 1. The first-order chi connectivity index (χ1) is 7.58. The van der Waals surface area contributed by atoms with E-state index < -0.39 is 0 Å². The van der Waals surface area contributed by atoms with Gasteiger partial charge in [0.15, 0.2) is 0 Å². The molecule has 0 aliphatic carbocycles. The molecule has 0 aliphatic heterocycles. The van der Waals surface area contributed by atoms with Crippen LogP contribution in [0, 0.1) is 11.3 Å². The summed E-state index contributed by atoms with van der Waals surface area (Å²) in [5.41, 5.74) is 7.11. The Kier molecular flexibility index (Phi) is 3.72. The van der Waals surface area contributed by atoms with Crippen molar-refractivity contribution < 1.29 is 4.79 Å². The first kappa shape index (κ1) is 11.9. The molecule has 5 heteroatoms. The summed E-state index contributed by atoms with van der Waals surface area (Å²) in [5.74, 6) is -0.115. The number of hydrogen-bond acceptors (Lipinski definition) is 4. The van der Waals surface area contributed by atoms with E-state index in [4.69, 9.17) is 11.0 Å². The Balaban J connectivity index is 2.83. The summed E-state index contributed by atoms with van der Waals surface area (Å²) < 4.78 is 0. The van der Waals surface area contributed by atoms with E-state index in [9.17, 15) is 4.79 Å². The zero-order valence-corrected chi connectivity index (χ0v) is 9.24. The summed E-state index contributed by atoms with van der Waals surface area (Å²) in [4.78, 5) is 11.3. The number of nitriles is 1. The summed E-state index contributed by atoms with van der Waals surface area (Å²) >= 11 is 0. The third-order valence-electron chi connectivity index (χ3n) is 2.20. The van der Waals surface area contributed by atoms with E-state index in [1.807, 2.05) is 6.07 Å². The number of hydrogen-bond donors (Lipinski definition) is 3. The van der Waals surface area contributed by atoms with Crippen molar-refractivity contribution in [2.24, 2.45) is 0 Å². The zero-order valence-electron chi connectivity index (χ0n) is 9.24. The molecule has 84 valence electrons. The topological polar surface area (TPSA) is 90.9 Å². The summed E-state index contributed by atoms with van der Waals surface area (Å²) in [6.45, 7) is 1.74. The lowest BCUT2D eigenvalue weighted by Crippen LogP contribution is -2.35. The summed E-state index contributed by atoms with van der Waals surface area (Å²) in [7, 11) is 1.57. The molecule has 1 aromatic rings. The first-order valence-corrected chi connectivity index (χ1v) is 4.86. The standard InChI is InChI=1S/C11H14N4O/c1-7(11(16)14-2)15-9-3-4-10(13)8(5-9)6-12/h3-5,7,15H,13H2,1-2H3,(H,14,16). The molecule has 1 unspecified atom stereocenters. The van der Waals surface area contributed by atoms with Gasteiger partial charge in [-0.05, 0) is 25.1 Å². The van der Waals surface area contributed by atoms with Gasteiger partial charge >= 0.3 is 0 Å². The SMILES string of the molecule is CNC(=O)C(C)Nc1ccc(N)c(C#N)c1. The molecule has 1 atom stereocenters. The molecular weight excluding hydrogens is 204 g/mol. The van der Waals surface area contributed by atoms with Crippen molar-refractivity contribution >= 4 is 17.3 Å². The van der Waals surface area contributed by atoms with Gasteiger partial charge in [0.1, 0.15) is 12.1 Å². The van der Waals surface area contributed by atoms with Crippen LogP contribution in [0.5, 0.6) is 0 Å². The number of benzene rings is 1. The highest BCUT2D eigenvalue weighted by atomic mass is 16.2. The van der Waals surface area contributed by atoms with Crippen LogP contribution in [0.2, 0.25) is 0 Å². The molecule has 1 rings (SSSR count). The predicted octanol–water partition coefficient (Wildman–Crippen LogP) is 0.687. The monoisotopic (exact) mass is 218 g/mol. The Morgan fingerprint density at radius 1 is 1.56 bits per heavy atom. The van der Waals surface area contributed by atoms with Crippen molar-refractivity contribution in [1.82, 2.24) is 5.32 Å². The molecule has 16 heavy (non-hydrogen) atoms. The van der Waals surface area contributed by atoms with Crippen molar-refractivity contribution in [3.8, 4) is 6.07 Å². The fourth-order valence-corrected chi connectivity index (χ4v) is 1.27. The molecule has 4 N–H and O–H groups in total. The minimum atomic E-state index is -0.361. The van der Waals surface area contributed by atoms with Crippen molar-refractivity contribution in [3.05, 3.63) is 23.8 Å². The van der Waals surface area contributed by atoms with Gasteiger partial charge in [0.25, 0.3) is 0 Å². The number of nitrogen functional groups attached to an aromatic ring is 1. The van der Waals surface area contributed by atoms with Crippen LogP contribution in [0.1, 0.15) is 12.5 Å². The van der Waals surface area contributed by atoms with Crippen LogP contribution in [0.15, 0.2) is 18.2 Å². The van der Waals surface area contributed by atoms with Crippen LogP contribution in [-0.2, 0) is 4.79 Å². The van der Waals surface area contributed by atoms with Gasteiger partial charge in [0.2, 0.25) is 5.91 Å². The fourth-order valence-electron chi connectivity index (χ4n) is 1.27. The average molecular weight is 218 g/mol. The summed E-state index contributed by atoms with van der Waals surface area (Å²) in [6, 6.07) is 6.61. The van der Waals surface area contributed by atoms with E-state index >= 15 is 0 Å². The van der Waals surface area contributed by atoms with Crippen molar-refractivity contribution in [2.75, 3.05) is 18.1 Å². The number of carbonyl (C=O) groups is 1. The summed E-state index contributed by atoms with van der Waals surface area (Å²) in [5, 5.41) is 14.3. The van der Waals surface area contributed by atoms with E-state index in [-0.39, 0.29) is 11.9 Å². The number of nitrogens with one attached hydrogen (secondary N) is 2. The largest absolute Gasteiger partial charge is 0.398 e. The third kappa shape index (κ3) is 2.64. The van der Waals surface area contributed by atoms with E-state index in [0.29, 0.717) is 16.9 Å². The molecule has 0 fully saturated rings. The lowest BCUT2D eigenvalue weighted by Gasteiger charge is -2.14. The van der Waals surface area contributed by atoms with E-state index in [1.54, 1.807) is 32.2 Å². The van der Waals surface area contributed by atoms with Gasteiger partial charge in [-0.15, -0.1) is 0 Å². The minimum absolute atomic E-state index is 0.115. The maximum atomic E-state index is 11.3. The van der Waals surface area contributed by atoms with E-state index in [1.165, 1.54) is 0 Å². The van der Waals surface area contributed by atoms with Crippen molar-refractivity contribution in [1.29, 1.82) is 5.26 Å². The maximum Gasteiger partial charge on any atom is 0.241 e. The second-order valence-electron chi connectivity index (χ2n) is 3.39. The first-order valence-electron chi connectivity index (χ1n) is 4.86. The normalized spacial score (nSPS) is 11.3. The molecule has 0 heterocycles. The molecule has 5 nitrogen and oxygen atoms in total. The predicted molar refractivity (Wildman–Crippen MR) is 62.7 cm³/mol. The van der Waals surface area contributed by atoms with Crippen LogP contribution in [-0.4, -0.2) is 19.0 Å². The molecule has 1 aromatic carbocycles. The van der Waals surface area contributed by atoms with Crippen molar-refractivity contribution in [2.45, 2.75) is 13.0 Å². The second-order valence-corrected chi connectivity index (χ2v) is 3.39. The Morgan fingerprint density at radius 2 is 2.25 bits per heavy atom. The van der Waals surface area contributed by atoms with Gasteiger partial charge in [-0.1, -0.05) is 0 Å². The number of nitrogens with two attached hydrogens (primary N) is 1. The highest BCUT2D eigenvalue weighted by Gasteiger charge is 2.10. The number of likely N-dealkylation sites (N-methyl/N-ethyl adjacent to an activating group) is 1. The van der Waals surface area contributed by atoms with Gasteiger partial charge in [-0.25, -0.2) is 0 Å². The van der Waals surface area contributed by atoms with Crippen molar-refractivity contribution in [3.63, 3.8) is 0 Å². The van der Waals surface area contributed by atoms with E-state index in [0.717, 1.165) is 0 Å². The molecule has 0 aliphatic rings. The highest BCUT2D eigenvalue weighted by molar-refractivity contribution is 5.84. The lowest BCUT2D eigenvalue weighted by molar-refractivity contribution is -0.121. The fraction of sp³-hybridized carbons (Fsp3) is 0.273. The molecular formula is C11H14N4O. The number of carbonyl (C=O) groups excluding carboxylic acids is 1. The van der Waals surface area contributed by atoms with Crippen LogP contribution in [0.3, 0.4) is 0 Å². The van der Waals surface area contributed by atoms with Crippen LogP contribution in [0.4, 0.5) is 11.4 Å². The van der Waals surface area contributed by atoms with E-state index in [2.05, 4.69) is 10.6 Å². The molecule has 0 bridgehead atoms. The van der Waals surface area contributed by atoms with Gasteiger partial charge < -0.3 is 16.4 Å². The molecule has 0 saturated heterocycles. The van der Waals surface area contributed by atoms with Crippen LogP contribution in [0.25, 0.3) is 0 Å². The molecule has 0 aromatic heterocycles. The third-order valence-corrected chi connectivity index (χ3v) is 2.20. The Hall–Kier alpha value is -2.22. The Morgan fingerprint density at radius 3 is 2.81 bits per heavy atom. The number of anilines is 2. The number of nitrogens with zero attached hydrogens (tertiary/aromatic N) is 1. The molecule has 1 amide bonds. The van der Waals surface area contributed by atoms with Gasteiger partial charge in [-0.2, -0.15) is 5.26 Å². The maximum absolute atomic E-state index is 11.3. The Labute approximate surface area is 94.2 Å². The number of rotatable bonds is 3. The highest BCUT2D eigenvalue weighted by Crippen LogP contribution is 2.17. The van der Waals surface area contributed by atoms with Crippen LogP contribution >= 0.6 is 0 Å². The van der Waals surface area contributed by atoms with Gasteiger partial charge in [0.05, 0.1) is 5.56 Å². The Bertz CT molecular complexity index is 436. The summed E-state index contributed by atoms with van der Waals surface area (Å²) in [6.07, 6.45) is 0. The average Bonchev–Trinajstić information content (AvgIpc) is 2.30. The minimum Gasteiger partial charge on any atom is -0.398 e. The smallest absolute Gasteiger partial charge is 0.241 e. The zero-order chi connectivity index (χ0) is 12.1.